The van der Waals surface area contributed by atoms with Crippen LogP contribution in [0.4, 0.5) is 26.3 Å². The molecule has 0 unspecified atom stereocenters. The number of carbonyl (C=O) groups is 1. The smallest absolute Gasteiger partial charge is 0.416 e. The number of rotatable bonds is 2. The Balaban J connectivity index is 2.66. The van der Waals surface area contributed by atoms with Gasteiger partial charge in [-0.05, 0) is 18.2 Å². The number of hydrogen-bond donors (Lipinski definition) is 1. The van der Waals surface area contributed by atoms with Gasteiger partial charge < -0.3 is 5.11 Å². The second kappa shape index (κ2) is 5.93. The van der Waals surface area contributed by atoms with Crippen LogP contribution in [0.5, 0.6) is 0 Å². The van der Waals surface area contributed by atoms with Crippen LogP contribution in [-0.2, 0) is 12.4 Å². The van der Waals surface area contributed by atoms with E-state index in [-0.39, 0.29) is 6.07 Å². The molecule has 2 rings (SSSR count). The first-order valence-corrected chi connectivity index (χ1v) is 6.33. The highest BCUT2D eigenvalue weighted by Crippen LogP contribution is 2.38. The second-order valence-corrected chi connectivity index (χ2v) is 4.86. The van der Waals surface area contributed by atoms with Gasteiger partial charge in [-0.1, -0.05) is 11.6 Å². The van der Waals surface area contributed by atoms with Gasteiger partial charge in [-0.3, -0.25) is 0 Å². The Morgan fingerprint density at radius 2 is 1.50 bits per heavy atom. The Kier molecular flexibility index (Phi) is 4.44. The van der Waals surface area contributed by atoms with Crippen LogP contribution < -0.4 is 0 Å². The van der Waals surface area contributed by atoms with Crippen LogP contribution in [0.3, 0.4) is 0 Å². The molecule has 0 aliphatic rings. The molecule has 0 spiro atoms. The molecule has 0 saturated carbocycles. The van der Waals surface area contributed by atoms with Gasteiger partial charge in [0.1, 0.15) is 10.7 Å². The van der Waals surface area contributed by atoms with Crippen molar-refractivity contribution in [2.24, 2.45) is 0 Å². The van der Waals surface area contributed by atoms with Gasteiger partial charge in [0.05, 0.1) is 11.1 Å². The van der Waals surface area contributed by atoms with Crippen LogP contribution in [0, 0.1) is 0 Å². The molecule has 0 bridgehead atoms. The fraction of sp³-hybridized carbons (Fsp3) is 0.154. The number of aromatic nitrogens is 2. The Morgan fingerprint density at radius 3 is 1.88 bits per heavy atom. The summed E-state index contributed by atoms with van der Waals surface area (Å²) in [6.45, 7) is 0. The molecule has 0 fully saturated rings. The maximum absolute atomic E-state index is 12.8. The fourth-order valence-electron chi connectivity index (χ4n) is 1.73. The highest BCUT2D eigenvalue weighted by atomic mass is 35.5. The maximum atomic E-state index is 12.8. The molecule has 1 aromatic heterocycles. The van der Waals surface area contributed by atoms with E-state index in [9.17, 15) is 31.1 Å². The number of hydrogen-bond acceptors (Lipinski definition) is 3. The summed E-state index contributed by atoms with van der Waals surface area (Å²) in [7, 11) is 0. The first kappa shape index (κ1) is 18.0. The average molecular weight is 371 g/mol. The van der Waals surface area contributed by atoms with E-state index in [0.717, 1.165) is 0 Å². The Hall–Kier alpha value is -2.36. The van der Waals surface area contributed by atoms with Crippen LogP contribution in [0.15, 0.2) is 24.4 Å². The molecule has 24 heavy (non-hydrogen) atoms. The third kappa shape index (κ3) is 3.75. The molecule has 0 aliphatic heterocycles. The zero-order valence-corrected chi connectivity index (χ0v) is 12.0. The topological polar surface area (TPSA) is 63.1 Å². The summed E-state index contributed by atoms with van der Waals surface area (Å²) in [5.74, 6) is -2.06. The molecule has 0 atom stereocenters. The van der Waals surface area contributed by atoms with Gasteiger partial charge in [0.25, 0.3) is 0 Å². The summed E-state index contributed by atoms with van der Waals surface area (Å²) in [5.41, 5.74) is -4.23. The number of nitrogens with zero attached hydrogens (tertiary/aromatic N) is 2. The summed E-state index contributed by atoms with van der Waals surface area (Å²) in [4.78, 5) is 17.7. The zero-order chi connectivity index (χ0) is 18.3. The molecule has 2 aromatic rings. The minimum Gasteiger partial charge on any atom is -0.478 e. The van der Waals surface area contributed by atoms with Crippen molar-refractivity contribution in [3.63, 3.8) is 0 Å². The Labute approximate surface area is 134 Å². The fourth-order valence-corrected chi connectivity index (χ4v) is 1.94. The molecular weight excluding hydrogens is 366 g/mol. The Bertz CT molecular complexity index is 772. The van der Waals surface area contributed by atoms with E-state index in [4.69, 9.17) is 16.7 Å². The molecule has 4 nitrogen and oxygen atoms in total. The monoisotopic (exact) mass is 370 g/mol. The minimum absolute atomic E-state index is 0.0449. The number of carboxylic acid groups (broad SMARTS) is 1. The standard InChI is InChI=1S/C13H5ClF6N2O2/c14-9-8(11(23)24)4-21-10(22-9)5-1-6(12(15,16)17)3-7(2-5)13(18,19)20/h1-4H,(H,23,24). The van der Waals surface area contributed by atoms with Crippen LogP contribution in [0.2, 0.25) is 5.15 Å². The third-order valence-electron chi connectivity index (χ3n) is 2.82. The van der Waals surface area contributed by atoms with Crippen LogP contribution in [-0.4, -0.2) is 21.0 Å². The number of aromatic carboxylic acids is 1. The molecule has 0 saturated heterocycles. The van der Waals surface area contributed by atoms with Crippen molar-refractivity contribution in [1.82, 2.24) is 9.97 Å². The summed E-state index contributed by atoms with van der Waals surface area (Å²) in [6, 6.07) is 0.791. The Morgan fingerprint density at radius 1 is 1.00 bits per heavy atom. The number of benzene rings is 1. The molecule has 0 aliphatic carbocycles. The van der Waals surface area contributed by atoms with E-state index in [1.54, 1.807) is 0 Å². The lowest BCUT2D eigenvalue weighted by molar-refractivity contribution is -0.143. The van der Waals surface area contributed by atoms with Crippen LogP contribution >= 0.6 is 11.6 Å². The predicted molar refractivity (Wildman–Crippen MR) is 69.4 cm³/mol. The summed E-state index contributed by atoms with van der Waals surface area (Å²) in [6.07, 6.45) is -9.36. The normalized spacial score (nSPS) is 12.3. The van der Waals surface area contributed by atoms with E-state index in [1.165, 1.54) is 0 Å². The first-order chi connectivity index (χ1) is 10.9. The van der Waals surface area contributed by atoms with Gasteiger partial charge >= 0.3 is 18.3 Å². The van der Waals surface area contributed by atoms with Crippen molar-refractivity contribution in [2.45, 2.75) is 12.4 Å². The largest absolute Gasteiger partial charge is 0.478 e. The maximum Gasteiger partial charge on any atom is 0.416 e. The van der Waals surface area contributed by atoms with Gasteiger partial charge in [0, 0.05) is 11.8 Å². The molecule has 11 heteroatoms. The van der Waals surface area contributed by atoms with Gasteiger partial charge in [0.2, 0.25) is 0 Å². The second-order valence-electron chi connectivity index (χ2n) is 4.50. The van der Waals surface area contributed by atoms with Gasteiger partial charge in [0.15, 0.2) is 5.82 Å². The quantitative estimate of drug-likeness (QED) is 0.623. The molecule has 1 heterocycles. The van der Waals surface area contributed by atoms with Gasteiger partial charge in [-0.15, -0.1) is 0 Å². The molecule has 0 amide bonds. The summed E-state index contributed by atoms with van der Waals surface area (Å²) < 4.78 is 76.7. The minimum atomic E-state index is -5.03. The highest BCUT2D eigenvalue weighted by Gasteiger charge is 2.37. The predicted octanol–water partition coefficient (Wildman–Crippen LogP) is 4.53. The third-order valence-corrected chi connectivity index (χ3v) is 3.11. The highest BCUT2D eigenvalue weighted by molar-refractivity contribution is 6.32. The lowest BCUT2D eigenvalue weighted by Gasteiger charge is -2.13. The lowest BCUT2D eigenvalue weighted by Crippen LogP contribution is -2.11. The van der Waals surface area contributed by atoms with Gasteiger partial charge in [-0.25, -0.2) is 14.8 Å². The van der Waals surface area contributed by atoms with Crippen molar-refractivity contribution in [3.05, 3.63) is 46.2 Å². The van der Waals surface area contributed by atoms with E-state index in [2.05, 4.69) is 9.97 Å². The van der Waals surface area contributed by atoms with E-state index < -0.39 is 51.6 Å². The molecule has 128 valence electrons. The van der Waals surface area contributed by atoms with Crippen LogP contribution in [0.25, 0.3) is 11.4 Å². The first-order valence-electron chi connectivity index (χ1n) is 5.95. The lowest BCUT2D eigenvalue weighted by atomic mass is 10.0. The molecule has 0 radical (unpaired) electrons. The van der Waals surface area contributed by atoms with E-state index >= 15 is 0 Å². The summed E-state index contributed by atoms with van der Waals surface area (Å²) in [5, 5.41) is 8.15. The number of carboxylic acids is 1. The van der Waals surface area contributed by atoms with Crippen molar-refractivity contribution in [1.29, 1.82) is 0 Å². The molecular formula is C13H5ClF6N2O2. The van der Waals surface area contributed by atoms with Crippen molar-refractivity contribution in [2.75, 3.05) is 0 Å². The zero-order valence-electron chi connectivity index (χ0n) is 11.2. The van der Waals surface area contributed by atoms with E-state index in [1.807, 2.05) is 0 Å². The average Bonchev–Trinajstić information content (AvgIpc) is 2.44. The summed E-state index contributed by atoms with van der Waals surface area (Å²) >= 11 is 5.56. The number of halogens is 7. The van der Waals surface area contributed by atoms with E-state index in [0.29, 0.717) is 18.3 Å². The SMILES string of the molecule is O=C(O)c1cnc(-c2cc(C(F)(F)F)cc(C(F)(F)F)c2)nc1Cl. The van der Waals surface area contributed by atoms with Crippen molar-refractivity contribution >= 4 is 17.6 Å². The van der Waals surface area contributed by atoms with Crippen molar-refractivity contribution in [3.8, 4) is 11.4 Å². The molecule has 1 aromatic carbocycles. The van der Waals surface area contributed by atoms with Gasteiger partial charge in [-0.2, -0.15) is 26.3 Å². The molecule has 1 N–H and O–H groups in total. The number of alkyl halides is 6. The van der Waals surface area contributed by atoms with Crippen molar-refractivity contribution < 1.29 is 36.2 Å². The van der Waals surface area contributed by atoms with Crippen LogP contribution in [0.1, 0.15) is 21.5 Å².